The molecule has 4 aromatic rings. The van der Waals surface area contributed by atoms with Gasteiger partial charge in [0.05, 0.1) is 22.5 Å². The van der Waals surface area contributed by atoms with Crippen molar-refractivity contribution in [1.29, 1.82) is 0 Å². The summed E-state index contributed by atoms with van der Waals surface area (Å²) < 4.78 is 0. The molecular weight excluding hydrogens is 364 g/mol. The number of anilines is 2. The summed E-state index contributed by atoms with van der Waals surface area (Å²) in [6.07, 6.45) is 1.69. The normalized spacial score (nSPS) is 10.5. The van der Waals surface area contributed by atoms with Crippen molar-refractivity contribution in [2.45, 2.75) is 6.92 Å². The number of hydrogen-bond acceptors (Lipinski definition) is 4. The lowest BCUT2D eigenvalue weighted by atomic mass is 10.1. The zero-order chi connectivity index (χ0) is 20.2. The minimum absolute atomic E-state index is 0.173. The molecule has 2 aromatic heterocycles. The Balaban J connectivity index is 1.73. The topological polar surface area (TPSA) is 84.0 Å². The second-order valence-electron chi connectivity index (χ2n) is 6.50. The first kappa shape index (κ1) is 18.3. The fourth-order valence-corrected chi connectivity index (χ4v) is 3.09. The fourth-order valence-electron chi connectivity index (χ4n) is 3.09. The largest absolute Gasteiger partial charge is 0.326 e. The average molecular weight is 382 g/mol. The maximum Gasteiger partial charge on any atom is 0.256 e. The van der Waals surface area contributed by atoms with Gasteiger partial charge in [0.25, 0.3) is 5.91 Å². The molecule has 2 amide bonds. The summed E-state index contributed by atoms with van der Waals surface area (Å²) in [6, 6.07) is 21.8. The number of benzene rings is 2. The molecular formula is C23H18N4O2. The second-order valence-corrected chi connectivity index (χ2v) is 6.50. The number of para-hydroxylation sites is 1. The number of pyridine rings is 2. The van der Waals surface area contributed by atoms with Crippen LogP contribution in [0.1, 0.15) is 17.3 Å². The van der Waals surface area contributed by atoms with Crippen LogP contribution in [0, 0.1) is 0 Å². The molecule has 29 heavy (non-hydrogen) atoms. The van der Waals surface area contributed by atoms with E-state index in [1.807, 2.05) is 42.5 Å². The molecule has 0 atom stereocenters. The summed E-state index contributed by atoms with van der Waals surface area (Å²) in [4.78, 5) is 33.4. The quantitative estimate of drug-likeness (QED) is 0.544. The van der Waals surface area contributed by atoms with E-state index in [0.29, 0.717) is 33.8 Å². The van der Waals surface area contributed by atoms with Gasteiger partial charge in [0.1, 0.15) is 0 Å². The average Bonchev–Trinajstić information content (AvgIpc) is 2.73. The van der Waals surface area contributed by atoms with Gasteiger partial charge in [-0.1, -0.05) is 30.3 Å². The lowest BCUT2D eigenvalue weighted by Crippen LogP contribution is -2.13. The molecule has 0 saturated carbocycles. The molecule has 6 heteroatoms. The summed E-state index contributed by atoms with van der Waals surface area (Å²) in [6.45, 7) is 1.44. The lowest BCUT2D eigenvalue weighted by molar-refractivity contribution is -0.114. The van der Waals surface area contributed by atoms with Gasteiger partial charge in [0, 0.05) is 29.9 Å². The molecule has 0 aliphatic rings. The van der Waals surface area contributed by atoms with E-state index in [1.54, 1.807) is 36.5 Å². The number of rotatable bonds is 4. The van der Waals surface area contributed by atoms with E-state index in [2.05, 4.69) is 20.6 Å². The van der Waals surface area contributed by atoms with Crippen LogP contribution in [0.2, 0.25) is 0 Å². The van der Waals surface area contributed by atoms with Gasteiger partial charge in [-0.05, 0) is 42.5 Å². The van der Waals surface area contributed by atoms with Crippen molar-refractivity contribution in [3.8, 4) is 11.4 Å². The van der Waals surface area contributed by atoms with Crippen LogP contribution in [0.25, 0.3) is 22.3 Å². The first-order chi connectivity index (χ1) is 14.1. The number of nitrogens with zero attached hydrogens (tertiary/aromatic N) is 2. The van der Waals surface area contributed by atoms with Gasteiger partial charge >= 0.3 is 0 Å². The van der Waals surface area contributed by atoms with E-state index in [-0.39, 0.29) is 11.8 Å². The molecule has 6 nitrogen and oxygen atoms in total. The van der Waals surface area contributed by atoms with E-state index in [1.165, 1.54) is 6.92 Å². The lowest BCUT2D eigenvalue weighted by Gasteiger charge is -2.11. The fraction of sp³-hybridized carbons (Fsp3) is 0.0435. The third kappa shape index (κ3) is 4.11. The number of hydrogen-bond donors (Lipinski definition) is 2. The Bertz CT molecular complexity index is 1210. The van der Waals surface area contributed by atoms with Gasteiger partial charge in [0.2, 0.25) is 5.91 Å². The molecule has 0 fully saturated rings. The molecule has 0 aliphatic carbocycles. The third-order valence-corrected chi connectivity index (χ3v) is 4.33. The molecule has 0 bridgehead atoms. The van der Waals surface area contributed by atoms with Crippen LogP contribution in [0.4, 0.5) is 11.4 Å². The molecule has 0 spiro atoms. The molecule has 0 unspecified atom stereocenters. The number of amides is 2. The maximum atomic E-state index is 13.1. The van der Waals surface area contributed by atoms with Crippen molar-refractivity contribution >= 4 is 34.1 Å². The number of carbonyl (C=O) groups excluding carboxylic acids is 2. The number of nitrogens with one attached hydrogen (secondary N) is 2. The summed E-state index contributed by atoms with van der Waals surface area (Å²) in [5, 5.41) is 6.37. The predicted octanol–water partition coefficient (Wildman–Crippen LogP) is 4.51. The Morgan fingerprint density at radius 1 is 0.793 bits per heavy atom. The van der Waals surface area contributed by atoms with Crippen LogP contribution in [-0.2, 0) is 4.79 Å². The molecule has 4 rings (SSSR count). The number of carbonyl (C=O) groups is 2. The van der Waals surface area contributed by atoms with Crippen LogP contribution >= 0.6 is 0 Å². The van der Waals surface area contributed by atoms with E-state index in [9.17, 15) is 9.59 Å². The van der Waals surface area contributed by atoms with Crippen molar-refractivity contribution in [1.82, 2.24) is 9.97 Å². The van der Waals surface area contributed by atoms with Crippen LogP contribution in [-0.4, -0.2) is 21.8 Å². The maximum absolute atomic E-state index is 13.1. The van der Waals surface area contributed by atoms with Crippen LogP contribution in [0.3, 0.4) is 0 Å². The first-order valence-electron chi connectivity index (χ1n) is 9.10. The second kappa shape index (κ2) is 7.90. The third-order valence-electron chi connectivity index (χ3n) is 4.33. The standard InChI is InChI=1S/C23H18N4O2/c1-15(28)25-16-7-6-8-17(13-16)26-23(29)19-14-22(21-11-4-5-12-24-21)27-20-10-3-2-9-18(19)20/h2-14H,1H3,(H,25,28)(H,26,29). The Kier molecular flexibility index (Phi) is 4.99. The van der Waals surface area contributed by atoms with Crippen molar-refractivity contribution < 1.29 is 9.59 Å². The van der Waals surface area contributed by atoms with Crippen molar-refractivity contribution in [3.05, 3.63) is 84.6 Å². The molecule has 0 radical (unpaired) electrons. The van der Waals surface area contributed by atoms with Crippen LogP contribution in [0.15, 0.2) is 79.0 Å². The smallest absolute Gasteiger partial charge is 0.256 e. The van der Waals surface area contributed by atoms with Gasteiger partial charge in [-0.3, -0.25) is 14.6 Å². The molecule has 0 saturated heterocycles. The Labute approximate surface area is 167 Å². The first-order valence-corrected chi connectivity index (χ1v) is 9.10. The Morgan fingerprint density at radius 3 is 2.31 bits per heavy atom. The highest BCUT2D eigenvalue weighted by molar-refractivity contribution is 6.13. The van der Waals surface area contributed by atoms with Gasteiger partial charge < -0.3 is 10.6 Å². The van der Waals surface area contributed by atoms with Gasteiger partial charge in [-0.25, -0.2) is 4.98 Å². The summed E-state index contributed by atoms with van der Waals surface area (Å²) in [7, 11) is 0. The molecule has 0 aliphatic heterocycles. The van der Waals surface area contributed by atoms with Crippen molar-refractivity contribution in [2.75, 3.05) is 10.6 Å². The van der Waals surface area contributed by atoms with E-state index in [0.717, 1.165) is 5.39 Å². The molecule has 142 valence electrons. The highest BCUT2D eigenvalue weighted by atomic mass is 16.2. The minimum atomic E-state index is -0.263. The predicted molar refractivity (Wildman–Crippen MR) is 114 cm³/mol. The zero-order valence-electron chi connectivity index (χ0n) is 15.7. The van der Waals surface area contributed by atoms with E-state index >= 15 is 0 Å². The molecule has 2 aromatic carbocycles. The summed E-state index contributed by atoms with van der Waals surface area (Å²) in [5.41, 5.74) is 3.74. The van der Waals surface area contributed by atoms with Crippen molar-refractivity contribution in [2.24, 2.45) is 0 Å². The van der Waals surface area contributed by atoms with Gasteiger partial charge in [0.15, 0.2) is 0 Å². The molecule has 2 N–H and O–H groups in total. The van der Waals surface area contributed by atoms with Gasteiger partial charge in [-0.2, -0.15) is 0 Å². The highest BCUT2D eigenvalue weighted by Gasteiger charge is 2.15. The molecule has 2 heterocycles. The number of fused-ring (bicyclic) bond motifs is 1. The SMILES string of the molecule is CC(=O)Nc1cccc(NC(=O)c2cc(-c3ccccn3)nc3ccccc23)c1. The summed E-state index contributed by atoms with van der Waals surface area (Å²) in [5.74, 6) is -0.436. The Hall–Kier alpha value is -4.06. The zero-order valence-corrected chi connectivity index (χ0v) is 15.7. The number of aromatic nitrogens is 2. The highest BCUT2D eigenvalue weighted by Crippen LogP contribution is 2.25. The van der Waals surface area contributed by atoms with E-state index < -0.39 is 0 Å². The summed E-state index contributed by atoms with van der Waals surface area (Å²) >= 11 is 0. The van der Waals surface area contributed by atoms with Crippen molar-refractivity contribution in [3.63, 3.8) is 0 Å². The van der Waals surface area contributed by atoms with Crippen LogP contribution in [0.5, 0.6) is 0 Å². The Morgan fingerprint density at radius 2 is 1.55 bits per heavy atom. The minimum Gasteiger partial charge on any atom is -0.326 e. The van der Waals surface area contributed by atoms with Crippen LogP contribution < -0.4 is 10.6 Å². The van der Waals surface area contributed by atoms with Gasteiger partial charge in [-0.15, -0.1) is 0 Å². The monoisotopic (exact) mass is 382 g/mol. The van der Waals surface area contributed by atoms with E-state index in [4.69, 9.17) is 0 Å².